The number of amides is 3. The topological polar surface area (TPSA) is 171 Å². The molecule has 3 amide bonds. The number of hydrogen-bond acceptors (Lipinski definition) is 7. The van der Waals surface area contributed by atoms with Crippen LogP contribution in [0.3, 0.4) is 0 Å². The summed E-state index contributed by atoms with van der Waals surface area (Å²) < 4.78 is 38.3. The Balaban J connectivity index is 1.67. The minimum atomic E-state index is -4.94. The first-order valence-corrected chi connectivity index (χ1v) is 14.1. The Hall–Kier alpha value is -2.41. The van der Waals surface area contributed by atoms with Crippen LogP contribution in [0.25, 0.3) is 0 Å². The number of aliphatic hydroxyl groups excluding tert-OH is 1. The van der Waals surface area contributed by atoms with E-state index in [4.69, 9.17) is 16.3 Å². The molecule has 11 nitrogen and oxygen atoms in total. The first-order chi connectivity index (χ1) is 17.3. The molecule has 37 heavy (non-hydrogen) atoms. The van der Waals surface area contributed by atoms with Gasteiger partial charge in [0.25, 0.3) is 10.1 Å². The average molecular weight is 560 g/mol. The number of aliphatic hydroxyl groups is 1. The number of carbonyl (C=O) groups is 3. The molecule has 1 heterocycles. The molecule has 4 atom stereocenters. The van der Waals surface area contributed by atoms with Crippen molar-refractivity contribution in [2.75, 3.05) is 6.54 Å². The fourth-order valence-corrected chi connectivity index (χ4v) is 5.13. The molecule has 1 aromatic rings. The molecule has 0 aromatic heterocycles. The maximum Gasteiger partial charge on any atom is 0.408 e. The number of hydrogen-bond donors (Lipinski definition) is 5. The second-order valence-electron chi connectivity index (χ2n) is 10.2. The van der Waals surface area contributed by atoms with Crippen LogP contribution in [0.15, 0.2) is 24.3 Å². The largest absolute Gasteiger partial charge is 0.443 e. The average Bonchev–Trinajstić information content (AvgIpc) is 3.42. The van der Waals surface area contributed by atoms with Crippen LogP contribution in [0.4, 0.5) is 4.79 Å². The van der Waals surface area contributed by atoms with Gasteiger partial charge in [0.1, 0.15) is 11.6 Å². The quantitative estimate of drug-likeness (QED) is 0.241. The summed E-state index contributed by atoms with van der Waals surface area (Å²) >= 11 is 5.93. The van der Waals surface area contributed by atoms with Crippen molar-refractivity contribution < 1.29 is 37.2 Å². The number of benzene rings is 1. The van der Waals surface area contributed by atoms with Crippen molar-refractivity contribution in [3.8, 4) is 0 Å². The van der Waals surface area contributed by atoms with E-state index < -0.39 is 51.2 Å². The molecule has 1 saturated carbocycles. The van der Waals surface area contributed by atoms with E-state index >= 15 is 0 Å². The van der Waals surface area contributed by atoms with Crippen LogP contribution in [0.5, 0.6) is 0 Å². The van der Waals surface area contributed by atoms with Crippen LogP contribution >= 0.6 is 11.6 Å². The number of carbonyl (C=O) groups excluding carboxylic acids is 3. The molecule has 2 fully saturated rings. The summed E-state index contributed by atoms with van der Waals surface area (Å²) in [7, 11) is -4.94. The van der Waals surface area contributed by atoms with Gasteiger partial charge in [0.15, 0.2) is 0 Å². The summed E-state index contributed by atoms with van der Waals surface area (Å²) in [6.45, 7) is 4.06. The number of rotatable bonds is 12. The zero-order valence-corrected chi connectivity index (χ0v) is 22.3. The van der Waals surface area contributed by atoms with E-state index in [1.165, 1.54) is 0 Å². The fourth-order valence-electron chi connectivity index (χ4n) is 4.41. The summed E-state index contributed by atoms with van der Waals surface area (Å²) in [6, 6.07) is 4.63. The van der Waals surface area contributed by atoms with Gasteiger partial charge in [-0.15, -0.1) is 0 Å². The van der Waals surface area contributed by atoms with Crippen LogP contribution in [-0.4, -0.2) is 65.7 Å². The second-order valence-corrected chi connectivity index (χ2v) is 12.2. The van der Waals surface area contributed by atoms with Crippen LogP contribution in [0, 0.1) is 11.8 Å². The molecule has 1 aliphatic heterocycles. The van der Waals surface area contributed by atoms with Crippen molar-refractivity contribution in [1.29, 1.82) is 0 Å². The maximum absolute atomic E-state index is 13.1. The van der Waals surface area contributed by atoms with E-state index in [1.807, 2.05) is 26.0 Å². The lowest BCUT2D eigenvalue weighted by Crippen LogP contribution is -2.55. The Morgan fingerprint density at radius 3 is 2.38 bits per heavy atom. The molecule has 13 heteroatoms. The Kier molecular flexibility index (Phi) is 9.43. The molecule has 2 aliphatic rings. The highest BCUT2D eigenvalue weighted by Crippen LogP contribution is 2.42. The first kappa shape index (κ1) is 29.2. The highest BCUT2D eigenvalue weighted by molar-refractivity contribution is 7.86. The Morgan fingerprint density at radius 2 is 1.86 bits per heavy atom. The molecule has 1 unspecified atom stereocenters. The second kappa shape index (κ2) is 12.0. The number of halogens is 1. The molecular weight excluding hydrogens is 526 g/mol. The fraction of sp³-hybridized carbons (Fsp3) is 0.625. The summed E-state index contributed by atoms with van der Waals surface area (Å²) in [6.07, 6.45) is 1.40. The van der Waals surface area contributed by atoms with E-state index in [0.29, 0.717) is 37.3 Å². The van der Waals surface area contributed by atoms with Crippen molar-refractivity contribution in [3.63, 3.8) is 0 Å². The summed E-state index contributed by atoms with van der Waals surface area (Å²) in [5, 5.41) is 18.4. The van der Waals surface area contributed by atoms with Gasteiger partial charge in [0.05, 0.1) is 6.04 Å². The third-order valence-electron chi connectivity index (χ3n) is 6.55. The third-order valence-corrected chi connectivity index (χ3v) is 7.74. The van der Waals surface area contributed by atoms with Gasteiger partial charge < -0.3 is 25.8 Å². The van der Waals surface area contributed by atoms with Gasteiger partial charge in [-0.25, -0.2) is 4.79 Å². The number of nitrogens with one attached hydrogen (secondary N) is 3. The van der Waals surface area contributed by atoms with Gasteiger partial charge in [-0.05, 0) is 55.7 Å². The highest BCUT2D eigenvalue weighted by Gasteiger charge is 2.47. The Labute approximate surface area is 221 Å². The molecule has 206 valence electrons. The Morgan fingerprint density at radius 1 is 1.22 bits per heavy atom. The van der Waals surface area contributed by atoms with Gasteiger partial charge in [-0.1, -0.05) is 37.6 Å². The van der Waals surface area contributed by atoms with Crippen LogP contribution in [0.1, 0.15) is 51.5 Å². The SMILES string of the molecule is CC(C)C[C@H](NC(=O)OC1(Cc2ccc(Cl)cc2)CC1)C(=O)N[C@@H](C[C@@H]1CCNC1=O)C(O)S(=O)(=O)O. The highest BCUT2D eigenvalue weighted by atomic mass is 35.5. The molecule has 3 rings (SSSR count). The zero-order valence-electron chi connectivity index (χ0n) is 20.8. The van der Waals surface area contributed by atoms with E-state index in [2.05, 4.69) is 16.0 Å². The van der Waals surface area contributed by atoms with Gasteiger partial charge >= 0.3 is 6.09 Å². The van der Waals surface area contributed by atoms with Crippen molar-refractivity contribution in [2.24, 2.45) is 11.8 Å². The molecule has 1 aromatic carbocycles. The van der Waals surface area contributed by atoms with E-state index in [0.717, 1.165) is 5.56 Å². The van der Waals surface area contributed by atoms with E-state index in [-0.39, 0.29) is 24.7 Å². The lowest BCUT2D eigenvalue weighted by atomic mass is 9.97. The molecule has 1 saturated heterocycles. The van der Waals surface area contributed by atoms with Gasteiger partial charge in [0, 0.05) is 23.9 Å². The zero-order chi connectivity index (χ0) is 27.4. The van der Waals surface area contributed by atoms with Crippen molar-refractivity contribution >= 4 is 39.6 Å². The molecule has 1 aliphatic carbocycles. The summed E-state index contributed by atoms with van der Waals surface area (Å²) in [4.78, 5) is 37.9. The van der Waals surface area contributed by atoms with Crippen molar-refractivity contribution in [2.45, 2.75) is 75.5 Å². The van der Waals surface area contributed by atoms with Crippen molar-refractivity contribution in [3.05, 3.63) is 34.9 Å². The minimum Gasteiger partial charge on any atom is -0.443 e. The third kappa shape index (κ3) is 8.56. The normalized spacial score (nSPS) is 21.0. The number of alkyl carbamates (subject to hydrolysis) is 1. The predicted molar refractivity (Wildman–Crippen MR) is 135 cm³/mol. The lowest BCUT2D eigenvalue weighted by molar-refractivity contribution is -0.126. The van der Waals surface area contributed by atoms with E-state index in [9.17, 15) is 32.5 Å². The van der Waals surface area contributed by atoms with Crippen LogP contribution in [-0.2, 0) is 30.9 Å². The predicted octanol–water partition coefficient (Wildman–Crippen LogP) is 1.77. The smallest absolute Gasteiger partial charge is 0.408 e. The standard InChI is InChI=1S/C24H34ClN3O8S/c1-14(2)11-18(28-23(32)36-24(8-9-24)13-15-3-5-17(25)6-4-15)21(30)27-19(22(31)37(33,34)35)12-16-7-10-26-20(16)29/h3-6,14,16,18-19,22,31H,7-13H2,1-2H3,(H,26,29)(H,27,30)(H,28,32)(H,33,34,35)/t16-,18-,19-,22?/m0/s1. The Bertz CT molecular complexity index is 1090. The van der Waals surface area contributed by atoms with Crippen LogP contribution < -0.4 is 16.0 Å². The van der Waals surface area contributed by atoms with E-state index in [1.54, 1.807) is 12.1 Å². The maximum atomic E-state index is 13.1. The van der Waals surface area contributed by atoms with Crippen molar-refractivity contribution in [1.82, 2.24) is 16.0 Å². The van der Waals surface area contributed by atoms with Gasteiger partial charge in [-0.2, -0.15) is 8.42 Å². The minimum absolute atomic E-state index is 0.0365. The lowest BCUT2D eigenvalue weighted by Gasteiger charge is -2.28. The molecule has 0 spiro atoms. The van der Waals surface area contributed by atoms with Gasteiger partial charge in [-0.3, -0.25) is 14.1 Å². The molecule has 0 bridgehead atoms. The summed E-state index contributed by atoms with van der Waals surface area (Å²) in [5.74, 6) is -1.78. The first-order valence-electron chi connectivity index (χ1n) is 12.2. The number of ether oxygens (including phenoxy) is 1. The van der Waals surface area contributed by atoms with Gasteiger partial charge in [0.2, 0.25) is 17.3 Å². The molecule has 5 N–H and O–H groups in total. The molecular formula is C24H34ClN3O8S. The monoisotopic (exact) mass is 559 g/mol. The van der Waals surface area contributed by atoms with Crippen LogP contribution in [0.2, 0.25) is 5.02 Å². The molecule has 0 radical (unpaired) electrons. The summed E-state index contributed by atoms with van der Waals surface area (Å²) in [5.41, 5.74) is -2.08.